The number of pyridine rings is 2. The average Bonchev–Trinajstić information content (AvgIpc) is 3.34. The van der Waals surface area contributed by atoms with Gasteiger partial charge in [0.15, 0.2) is 23.2 Å². The highest BCUT2D eigenvalue weighted by atomic mass is 35.5. The number of methoxy groups -OCH3 is 1. The Labute approximate surface area is 241 Å². The molecular weight excluding hydrogens is 561 g/mol. The van der Waals surface area contributed by atoms with Crippen molar-refractivity contribution in [3.8, 4) is 17.0 Å². The van der Waals surface area contributed by atoms with Crippen LogP contribution in [0.1, 0.15) is 32.4 Å². The van der Waals surface area contributed by atoms with Crippen LogP contribution in [-0.2, 0) is 4.74 Å². The monoisotopic (exact) mass is 590 g/mol. The number of ether oxygens (including phenoxy) is 2. The summed E-state index contributed by atoms with van der Waals surface area (Å²) in [5.41, 5.74) is 1.41. The van der Waals surface area contributed by atoms with Crippen LogP contribution < -0.4 is 9.64 Å². The summed E-state index contributed by atoms with van der Waals surface area (Å²) in [6.45, 7) is 9.55. The minimum absolute atomic E-state index is 0.0227. The molecule has 1 fully saturated rings. The lowest BCUT2D eigenvalue weighted by Crippen LogP contribution is -2.69. The first-order valence-electron chi connectivity index (χ1n) is 12.9. The molecule has 3 aromatic heterocycles. The van der Waals surface area contributed by atoms with Gasteiger partial charge in [0, 0.05) is 56.5 Å². The van der Waals surface area contributed by atoms with Gasteiger partial charge in [-0.15, -0.1) is 0 Å². The molecule has 12 heteroatoms. The van der Waals surface area contributed by atoms with Crippen molar-refractivity contribution < 1.29 is 18.3 Å². The topological polar surface area (TPSA) is 79.4 Å². The molecule has 1 aliphatic rings. The summed E-state index contributed by atoms with van der Waals surface area (Å²) >= 11 is 12.5. The first kappa shape index (κ1) is 28.5. The van der Waals surface area contributed by atoms with Gasteiger partial charge < -0.3 is 14.4 Å². The smallest absolute Gasteiger partial charge is 0.176 e. The molecule has 212 valence electrons. The maximum absolute atomic E-state index is 15.8. The van der Waals surface area contributed by atoms with Gasteiger partial charge in [-0.05, 0) is 38.6 Å². The predicted molar refractivity (Wildman–Crippen MR) is 152 cm³/mol. The molecule has 0 unspecified atom stereocenters. The SMILES string of the molecule is CCN(CCOC)C1(C)CN(c2ncc(-c3n[nH]c4ccc(O[C@H](C)c5c(Cl)cncc5Cl)c(F)c34)cc2F)C1. The van der Waals surface area contributed by atoms with E-state index in [1.54, 1.807) is 20.1 Å². The van der Waals surface area contributed by atoms with Gasteiger partial charge in [-0.3, -0.25) is 15.0 Å². The Morgan fingerprint density at radius 2 is 1.90 bits per heavy atom. The van der Waals surface area contributed by atoms with Crippen LogP contribution in [0.3, 0.4) is 0 Å². The molecule has 0 aliphatic carbocycles. The van der Waals surface area contributed by atoms with E-state index >= 15 is 8.78 Å². The molecule has 40 heavy (non-hydrogen) atoms. The van der Waals surface area contributed by atoms with Crippen LogP contribution in [0.2, 0.25) is 10.0 Å². The van der Waals surface area contributed by atoms with Crippen molar-refractivity contribution in [1.29, 1.82) is 0 Å². The molecule has 0 bridgehead atoms. The number of hydrogen-bond acceptors (Lipinski definition) is 7. The first-order chi connectivity index (χ1) is 19.2. The van der Waals surface area contributed by atoms with Gasteiger partial charge in [0.25, 0.3) is 0 Å². The second-order valence-electron chi connectivity index (χ2n) is 10.1. The Morgan fingerprint density at radius 3 is 2.55 bits per heavy atom. The van der Waals surface area contributed by atoms with E-state index in [1.807, 2.05) is 4.90 Å². The van der Waals surface area contributed by atoms with Gasteiger partial charge in [-0.2, -0.15) is 5.10 Å². The average molecular weight is 591 g/mol. The second-order valence-corrected chi connectivity index (χ2v) is 10.9. The summed E-state index contributed by atoms with van der Waals surface area (Å²) in [6, 6.07) is 4.48. The van der Waals surface area contributed by atoms with E-state index < -0.39 is 17.7 Å². The second kappa shape index (κ2) is 11.4. The van der Waals surface area contributed by atoms with E-state index in [4.69, 9.17) is 32.7 Å². The zero-order chi connectivity index (χ0) is 28.6. The van der Waals surface area contributed by atoms with Crippen molar-refractivity contribution in [1.82, 2.24) is 25.1 Å². The molecular formula is C28H30Cl2F2N6O2. The van der Waals surface area contributed by atoms with E-state index in [2.05, 4.69) is 38.9 Å². The highest BCUT2D eigenvalue weighted by molar-refractivity contribution is 6.35. The molecule has 0 spiro atoms. The van der Waals surface area contributed by atoms with Crippen LogP contribution in [0.4, 0.5) is 14.6 Å². The number of benzene rings is 1. The molecule has 1 aromatic carbocycles. The standard InChI is InChI=1S/C28H30Cl2F2N6O2/c1-5-38(8-9-39-4)28(3)14-37(15-28)27-20(31)10-17(11-34-27)26-24-21(35-36-26)6-7-22(25(24)32)40-16(2)23-18(29)12-33-13-19(23)30/h6-7,10-13,16H,5,8-9,14-15H2,1-4H3,(H,35,36)/t16-/m1/s1. The number of aromatic nitrogens is 4. The van der Waals surface area contributed by atoms with Gasteiger partial charge in [0.1, 0.15) is 11.8 Å². The third-order valence-electron chi connectivity index (χ3n) is 7.40. The third-order valence-corrected chi connectivity index (χ3v) is 8.00. The number of rotatable bonds is 10. The van der Waals surface area contributed by atoms with Crippen LogP contribution in [0, 0.1) is 11.6 Å². The van der Waals surface area contributed by atoms with Crippen molar-refractivity contribution in [2.75, 3.05) is 44.8 Å². The largest absolute Gasteiger partial charge is 0.483 e. The molecule has 8 nitrogen and oxygen atoms in total. The lowest BCUT2D eigenvalue weighted by molar-refractivity contribution is 0.0503. The Balaban J connectivity index is 1.39. The Kier molecular flexibility index (Phi) is 8.15. The van der Waals surface area contributed by atoms with Gasteiger partial charge in [0.2, 0.25) is 0 Å². The maximum atomic E-state index is 15.8. The number of likely N-dealkylation sites (N-methyl/N-ethyl adjacent to an activating group) is 1. The van der Waals surface area contributed by atoms with Crippen molar-refractivity contribution in [3.05, 3.63) is 64.0 Å². The van der Waals surface area contributed by atoms with E-state index in [-0.39, 0.29) is 28.2 Å². The van der Waals surface area contributed by atoms with Crippen molar-refractivity contribution in [2.45, 2.75) is 32.4 Å². The molecule has 1 saturated heterocycles. The minimum atomic E-state index is -0.663. The zero-order valence-corrected chi connectivity index (χ0v) is 24.2. The Morgan fingerprint density at radius 1 is 1.18 bits per heavy atom. The van der Waals surface area contributed by atoms with Gasteiger partial charge in [-0.1, -0.05) is 30.1 Å². The van der Waals surface area contributed by atoms with E-state index in [0.29, 0.717) is 46.4 Å². The molecule has 1 atom stereocenters. The fraction of sp³-hybridized carbons (Fsp3) is 0.393. The maximum Gasteiger partial charge on any atom is 0.176 e. The quantitative estimate of drug-likeness (QED) is 0.232. The van der Waals surface area contributed by atoms with E-state index in [9.17, 15) is 0 Å². The number of H-pyrrole nitrogens is 1. The highest BCUT2D eigenvalue weighted by Gasteiger charge is 2.44. The summed E-state index contributed by atoms with van der Waals surface area (Å²) in [5.74, 6) is -0.911. The number of hydrogen-bond donors (Lipinski definition) is 1. The number of fused-ring (bicyclic) bond motifs is 1. The lowest BCUT2D eigenvalue weighted by atomic mass is 9.89. The summed E-state index contributed by atoms with van der Waals surface area (Å²) in [4.78, 5) is 12.6. The van der Waals surface area contributed by atoms with Crippen LogP contribution in [0.15, 0.2) is 36.8 Å². The van der Waals surface area contributed by atoms with Gasteiger partial charge >= 0.3 is 0 Å². The lowest BCUT2D eigenvalue weighted by Gasteiger charge is -2.54. The fourth-order valence-corrected chi connectivity index (χ4v) is 6.01. The Hall–Kier alpha value is -3.05. The summed E-state index contributed by atoms with van der Waals surface area (Å²) in [6.07, 6.45) is 3.75. The minimum Gasteiger partial charge on any atom is -0.483 e. The summed E-state index contributed by atoms with van der Waals surface area (Å²) in [7, 11) is 1.68. The van der Waals surface area contributed by atoms with Crippen molar-refractivity contribution in [2.24, 2.45) is 0 Å². The molecule has 0 saturated carbocycles. The van der Waals surface area contributed by atoms with Crippen LogP contribution in [-0.4, -0.2) is 70.5 Å². The molecule has 1 N–H and O–H groups in total. The van der Waals surface area contributed by atoms with Gasteiger partial charge in [-0.25, -0.2) is 13.8 Å². The molecule has 1 aliphatic heterocycles. The number of halogens is 4. The van der Waals surface area contributed by atoms with Crippen molar-refractivity contribution in [3.63, 3.8) is 0 Å². The van der Waals surface area contributed by atoms with Crippen LogP contribution in [0.25, 0.3) is 22.2 Å². The van der Waals surface area contributed by atoms with Crippen LogP contribution in [0.5, 0.6) is 5.75 Å². The van der Waals surface area contributed by atoms with Crippen LogP contribution >= 0.6 is 23.2 Å². The number of nitrogens with one attached hydrogen (secondary N) is 1. The molecule has 5 rings (SSSR count). The summed E-state index contributed by atoms with van der Waals surface area (Å²) in [5, 5.41) is 7.86. The summed E-state index contributed by atoms with van der Waals surface area (Å²) < 4.78 is 42.3. The first-order valence-corrected chi connectivity index (χ1v) is 13.7. The number of anilines is 1. The van der Waals surface area contributed by atoms with Crippen molar-refractivity contribution >= 4 is 39.9 Å². The van der Waals surface area contributed by atoms with Gasteiger partial charge in [0.05, 0.1) is 33.1 Å². The van der Waals surface area contributed by atoms with E-state index in [1.165, 1.54) is 30.7 Å². The molecule has 0 radical (unpaired) electrons. The normalized spacial score (nSPS) is 15.5. The molecule has 0 amide bonds. The zero-order valence-electron chi connectivity index (χ0n) is 22.6. The number of nitrogens with zero attached hydrogens (tertiary/aromatic N) is 5. The third kappa shape index (κ3) is 5.21. The fourth-order valence-electron chi connectivity index (χ4n) is 5.34. The van der Waals surface area contributed by atoms with E-state index in [0.717, 1.165) is 13.1 Å². The molecule has 4 heterocycles. The highest BCUT2D eigenvalue weighted by Crippen LogP contribution is 2.38. The Bertz CT molecular complexity index is 1510. The predicted octanol–water partition coefficient (Wildman–Crippen LogP) is 6.29. The number of aromatic amines is 1. The molecule has 4 aromatic rings.